The number of aromatic nitrogens is 1. The topological polar surface area (TPSA) is 102 Å². The van der Waals surface area contributed by atoms with Crippen LogP contribution in [0.3, 0.4) is 0 Å². The number of ether oxygens (including phenoxy) is 1. The number of carbonyl (C=O) groups excluding carboxylic acids is 1. The Morgan fingerprint density at radius 3 is 2.62 bits per heavy atom. The van der Waals surface area contributed by atoms with Gasteiger partial charge in [0, 0.05) is 18.8 Å². The third kappa shape index (κ3) is 3.52. The van der Waals surface area contributed by atoms with E-state index in [1.807, 2.05) is 30.3 Å². The number of aryl methyl sites for hydroxylation is 1. The molecule has 0 amide bonds. The molecule has 0 bridgehead atoms. The first kappa shape index (κ1) is 17.9. The lowest BCUT2D eigenvalue weighted by atomic mass is 10.2. The Bertz CT molecular complexity index is 1010. The number of rotatable bonds is 4. The number of oxazole rings is 1. The van der Waals surface area contributed by atoms with Crippen molar-refractivity contribution in [2.75, 3.05) is 7.05 Å². The molecule has 8 nitrogen and oxygen atoms in total. The third-order valence-corrected chi connectivity index (χ3v) is 5.13. The van der Waals surface area contributed by atoms with Crippen molar-refractivity contribution in [3.63, 3.8) is 0 Å². The summed E-state index contributed by atoms with van der Waals surface area (Å²) in [4.78, 5) is 16.6. The molecule has 136 valence electrons. The van der Waals surface area contributed by atoms with Crippen LogP contribution in [0.5, 0.6) is 0 Å². The lowest BCUT2D eigenvalue weighted by molar-refractivity contribution is -0.139. The summed E-state index contributed by atoms with van der Waals surface area (Å²) in [5.74, 6) is 0.297. The molecule has 0 radical (unpaired) electrons. The number of esters is 1. The van der Waals surface area contributed by atoms with Gasteiger partial charge in [-0.05, 0) is 26.0 Å². The van der Waals surface area contributed by atoms with E-state index in [4.69, 9.17) is 9.15 Å². The molecule has 0 saturated heterocycles. The summed E-state index contributed by atoms with van der Waals surface area (Å²) in [5, 5.41) is 0. The van der Waals surface area contributed by atoms with Crippen LogP contribution >= 0.6 is 0 Å². The Labute approximate surface area is 151 Å². The summed E-state index contributed by atoms with van der Waals surface area (Å²) in [6.45, 7) is 3.07. The van der Waals surface area contributed by atoms with Crippen LogP contribution in [0.2, 0.25) is 0 Å². The lowest BCUT2D eigenvalue weighted by Crippen LogP contribution is -2.29. The van der Waals surface area contributed by atoms with Gasteiger partial charge in [0.05, 0.1) is 11.3 Å². The zero-order valence-corrected chi connectivity index (χ0v) is 15.3. The van der Waals surface area contributed by atoms with Crippen molar-refractivity contribution in [2.45, 2.75) is 20.5 Å². The maximum absolute atomic E-state index is 12.3. The predicted octanol–water partition coefficient (Wildman–Crippen LogP) is 2.23. The smallest absolute Gasteiger partial charge is 0.344 e. The Morgan fingerprint density at radius 2 is 1.92 bits per heavy atom. The molecule has 1 aromatic carbocycles. The van der Waals surface area contributed by atoms with E-state index in [0.29, 0.717) is 17.3 Å². The monoisotopic (exact) mass is 375 g/mol. The summed E-state index contributed by atoms with van der Waals surface area (Å²) in [6, 6.07) is 9.36. The second-order valence-corrected chi connectivity index (χ2v) is 7.33. The SMILES string of the molecule is CC1=NS(=O)(=O)N(C)C=C1C(=O)OCc1nc(-c2ccccc2)oc1C. The molecular formula is C17H17N3O5S. The first-order valence-corrected chi connectivity index (χ1v) is 9.13. The number of hydrogen-bond donors (Lipinski definition) is 0. The van der Waals surface area contributed by atoms with Gasteiger partial charge >= 0.3 is 16.2 Å². The molecule has 0 aliphatic carbocycles. The Morgan fingerprint density at radius 1 is 1.23 bits per heavy atom. The fraction of sp³-hybridized carbons (Fsp3) is 0.235. The van der Waals surface area contributed by atoms with Gasteiger partial charge in [0.15, 0.2) is 0 Å². The van der Waals surface area contributed by atoms with Crippen molar-refractivity contribution in [1.29, 1.82) is 0 Å². The van der Waals surface area contributed by atoms with Crippen molar-refractivity contribution in [1.82, 2.24) is 9.29 Å². The highest BCUT2D eigenvalue weighted by Crippen LogP contribution is 2.22. The molecule has 2 aromatic rings. The van der Waals surface area contributed by atoms with Crippen LogP contribution in [0.25, 0.3) is 11.5 Å². The Hall–Kier alpha value is -2.94. The number of hydrogen-bond acceptors (Lipinski definition) is 6. The van der Waals surface area contributed by atoms with Crippen LogP contribution < -0.4 is 0 Å². The van der Waals surface area contributed by atoms with E-state index in [2.05, 4.69) is 9.38 Å². The molecule has 3 rings (SSSR count). The summed E-state index contributed by atoms with van der Waals surface area (Å²) >= 11 is 0. The minimum Gasteiger partial charge on any atom is -0.455 e. The highest BCUT2D eigenvalue weighted by Gasteiger charge is 2.26. The molecule has 9 heteroatoms. The van der Waals surface area contributed by atoms with Crippen molar-refractivity contribution >= 4 is 21.9 Å². The maximum atomic E-state index is 12.3. The van der Waals surface area contributed by atoms with Crippen molar-refractivity contribution in [3.8, 4) is 11.5 Å². The molecule has 0 spiro atoms. The fourth-order valence-electron chi connectivity index (χ4n) is 2.31. The van der Waals surface area contributed by atoms with Crippen LogP contribution in [0.1, 0.15) is 18.4 Å². The average Bonchev–Trinajstić information content (AvgIpc) is 2.97. The zero-order valence-electron chi connectivity index (χ0n) is 14.5. The summed E-state index contributed by atoms with van der Waals surface area (Å²) in [6.07, 6.45) is 1.19. The van der Waals surface area contributed by atoms with Crippen LogP contribution in [-0.2, 0) is 26.3 Å². The van der Waals surface area contributed by atoms with Crippen molar-refractivity contribution in [3.05, 3.63) is 53.6 Å². The van der Waals surface area contributed by atoms with E-state index in [-0.39, 0.29) is 17.9 Å². The van der Waals surface area contributed by atoms with Crippen LogP contribution in [0.4, 0.5) is 0 Å². The number of nitrogens with zero attached hydrogens (tertiary/aromatic N) is 3. The fourth-order valence-corrected chi connectivity index (χ4v) is 3.12. The Balaban J connectivity index is 1.73. The summed E-state index contributed by atoms with van der Waals surface area (Å²) < 4.78 is 38.5. The second kappa shape index (κ2) is 6.75. The molecule has 2 heterocycles. The van der Waals surface area contributed by atoms with E-state index in [9.17, 15) is 13.2 Å². The molecule has 0 atom stereocenters. The normalized spacial score (nSPS) is 16.0. The standard InChI is InChI=1S/C17H17N3O5S/c1-11-14(9-20(3)26(22,23)19-11)17(21)24-10-15-12(2)25-16(18-15)13-7-5-4-6-8-13/h4-9H,10H2,1-3H3. The van der Waals surface area contributed by atoms with E-state index in [0.717, 1.165) is 9.87 Å². The van der Waals surface area contributed by atoms with E-state index in [1.54, 1.807) is 6.92 Å². The van der Waals surface area contributed by atoms with E-state index < -0.39 is 16.2 Å². The first-order chi connectivity index (χ1) is 12.3. The molecule has 0 fully saturated rings. The molecule has 1 aromatic heterocycles. The van der Waals surface area contributed by atoms with Gasteiger partial charge in [0.2, 0.25) is 5.89 Å². The van der Waals surface area contributed by atoms with Gasteiger partial charge in [-0.15, -0.1) is 4.40 Å². The van der Waals surface area contributed by atoms with Crippen LogP contribution in [0.15, 0.2) is 50.9 Å². The van der Waals surface area contributed by atoms with Gasteiger partial charge in [0.1, 0.15) is 18.1 Å². The van der Waals surface area contributed by atoms with Crippen molar-refractivity contribution < 1.29 is 22.4 Å². The van der Waals surface area contributed by atoms with Gasteiger partial charge in [-0.1, -0.05) is 18.2 Å². The molecule has 0 N–H and O–H groups in total. The van der Waals surface area contributed by atoms with Crippen LogP contribution in [0, 0.1) is 6.92 Å². The quantitative estimate of drug-likeness (QED) is 0.760. The molecule has 1 aliphatic heterocycles. The van der Waals surface area contributed by atoms with E-state index >= 15 is 0 Å². The van der Waals surface area contributed by atoms with Gasteiger partial charge in [-0.2, -0.15) is 8.42 Å². The minimum atomic E-state index is -3.77. The average molecular weight is 375 g/mol. The van der Waals surface area contributed by atoms with Gasteiger partial charge in [0.25, 0.3) is 0 Å². The summed E-state index contributed by atoms with van der Waals surface area (Å²) in [5.41, 5.74) is 1.46. The number of benzene rings is 1. The third-order valence-electron chi connectivity index (χ3n) is 3.79. The first-order valence-electron chi connectivity index (χ1n) is 7.73. The number of carbonyl (C=O) groups is 1. The van der Waals surface area contributed by atoms with E-state index in [1.165, 1.54) is 20.2 Å². The molecule has 26 heavy (non-hydrogen) atoms. The van der Waals surface area contributed by atoms with Gasteiger partial charge in [-0.3, -0.25) is 4.31 Å². The molecular weight excluding hydrogens is 358 g/mol. The largest absolute Gasteiger partial charge is 0.455 e. The predicted molar refractivity (Wildman–Crippen MR) is 94.3 cm³/mol. The molecule has 0 saturated carbocycles. The zero-order chi connectivity index (χ0) is 18.9. The van der Waals surface area contributed by atoms with Crippen molar-refractivity contribution in [2.24, 2.45) is 4.40 Å². The highest BCUT2D eigenvalue weighted by molar-refractivity contribution is 7.88. The maximum Gasteiger partial charge on any atom is 0.344 e. The Kier molecular flexibility index (Phi) is 4.64. The van der Waals surface area contributed by atoms with Gasteiger partial charge in [-0.25, -0.2) is 9.78 Å². The second-order valence-electron chi connectivity index (χ2n) is 5.68. The van der Waals surface area contributed by atoms with Gasteiger partial charge < -0.3 is 9.15 Å². The van der Waals surface area contributed by atoms with Crippen LogP contribution in [-0.4, -0.2) is 36.4 Å². The minimum absolute atomic E-state index is 0.0757. The highest BCUT2D eigenvalue weighted by atomic mass is 32.2. The summed E-state index contributed by atoms with van der Waals surface area (Å²) in [7, 11) is -2.47. The molecule has 0 unspecified atom stereocenters. The molecule has 1 aliphatic rings. The lowest BCUT2D eigenvalue weighted by Gasteiger charge is -2.19.